The van der Waals surface area contributed by atoms with E-state index in [0.717, 1.165) is 11.1 Å². The molecule has 0 bridgehead atoms. The predicted molar refractivity (Wildman–Crippen MR) is 77.7 cm³/mol. The van der Waals surface area contributed by atoms with Crippen LogP contribution in [-0.4, -0.2) is 40.9 Å². The molecule has 0 aliphatic carbocycles. The van der Waals surface area contributed by atoms with Crippen molar-refractivity contribution in [3.05, 3.63) is 35.4 Å². The van der Waals surface area contributed by atoms with Crippen LogP contribution in [0, 0.1) is 6.92 Å². The third-order valence-electron chi connectivity index (χ3n) is 3.41. The number of carbonyl (C=O) groups excluding carboxylic acids is 1. The molecule has 1 heterocycles. The van der Waals surface area contributed by atoms with Crippen LogP contribution in [-0.2, 0) is 4.74 Å². The number of aryl methyl sites for hydroxylation is 1. The quantitative estimate of drug-likeness (QED) is 0.858. The normalized spacial score (nSPS) is 22.9. The van der Waals surface area contributed by atoms with Crippen LogP contribution < -0.4 is 0 Å². The number of β-amino-alcohol motifs (C(OH)–C–C–N with tert-alkyl or cyclic N) is 1. The summed E-state index contributed by atoms with van der Waals surface area (Å²) in [5, 5.41) is 10.2. The van der Waals surface area contributed by atoms with Gasteiger partial charge in [0.15, 0.2) is 0 Å². The van der Waals surface area contributed by atoms with Gasteiger partial charge in [-0.15, -0.1) is 0 Å². The number of aliphatic hydroxyl groups excluding tert-OH is 1. The number of likely N-dealkylation sites (tertiary alicyclic amines) is 1. The third kappa shape index (κ3) is 3.51. The van der Waals surface area contributed by atoms with Gasteiger partial charge in [-0.25, -0.2) is 4.79 Å². The van der Waals surface area contributed by atoms with Gasteiger partial charge in [0.05, 0.1) is 12.6 Å². The van der Waals surface area contributed by atoms with Crippen molar-refractivity contribution >= 4 is 6.09 Å². The fourth-order valence-electron chi connectivity index (χ4n) is 2.49. The summed E-state index contributed by atoms with van der Waals surface area (Å²) in [7, 11) is 0. The summed E-state index contributed by atoms with van der Waals surface area (Å²) < 4.78 is 5.35. The minimum Gasteiger partial charge on any atom is -0.444 e. The molecule has 0 radical (unpaired) electrons. The molecule has 1 fully saturated rings. The summed E-state index contributed by atoms with van der Waals surface area (Å²) in [6, 6.07) is 8.07. The lowest BCUT2D eigenvalue weighted by atomic mass is 9.95. The molecule has 0 spiro atoms. The SMILES string of the molecule is Cc1cccc([C@@H]2CN(C(=O)OC(C)(C)C)C[C@H]2O)c1. The maximum atomic E-state index is 12.0. The predicted octanol–water partition coefficient (Wildman–Crippen LogP) is 2.69. The zero-order valence-corrected chi connectivity index (χ0v) is 12.6. The molecule has 1 aliphatic rings. The van der Waals surface area contributed by atoms with Crippen molar-refractivity contribution in [3.63, 3.8) is 0 Å². The average Bonchev–Trinajstić information content (AvgIpc) is 2.69. The Morgan fingerprint density at radius 2 is 2.05 bits per heavy atom. The summed E-state index contributed by atoms with van der Waals surface area (Å²) in [5.74, 6) is -0.0394. The lowest BCUT2D eigenvalue weighted by Crippen LogP contribution is -2.35. The summed E-state index contributed by atoms with van der Waals surface area (Å²) in [6.45, 7) is 8.38. The lowest BCUT2D eigenvalue weighted by molar-refractivity contribution is 0.0270. The van der Waals surface area contributed by atoms with Crippen molar-refractivity contribution in [1.82, 2.24) is 4.90 Å². The molecular weight excluding hydrogens is 254 g/mol. The first kappa shape index (κ1) is 14.9. The van der Waals surface area contributed by atoms with Crippen molar-refractivity contribution < 1.29 is 14.6 Å². The van der Waals surface area contributed by atoms with Crippen LogP contribution in [0.1, 0.15) is 37.8 Å². The fraction of sp³-hybridized carbons (Fsp3) is 0.562. The maximum absolute atomic E-state index is 12.0. The van der Waals surface area contributed by atoms with E-state index in [1.54, 1.807) is 4.90 Å². The molecule has 110 valence electrons. The van der Waals surface area contributed by atoms with Gasteiger partial charge < -0.3 is 14.7 Å². The van der Waals surface area contributed by atoms with E-state index in [9.17, 15) is 9.90 Å². The van der Waals surface area contributed by atoms with Gasteiger partial charge >= 0.3 is 6.09 Å². The van der Waals surface area contributed by atoms with Crippen molar-refractivity contribution in [2.24, 2.45) is 0 Å². The third-order valence-corrected chi connectivity index (χ3v) is 3.41. The van der Waals surface area contributed by atoms with Crippen LogP contribution >= 0.6 is 0 Å². The molecule has 20 heavy (non-hydrogen) atoms. The number of hydrogen-bond donors (Lipinski definition) is 1. The number of ether oxygens (including phenoxy) is 1. The van der Waals surface area contributed by atoms with Crippen LogP contribution in [0.15, 0.2) is 24.3 Å². The highest BCUT2D eigenvalue weighted by atomic mass is 16.6. The summed E-state index contributed by atoms with van der Waals surface area (Å²) in [4.78, 5) is 13.6. The van der Waals surface area contributed by atoms with E-state index >= 15 is 0 Å². The van der Waals surface area contributed by atoms with Gasteiger partial charge in [0.25, 0.3) is 0 Å². The second-order valence-electron chi connectivity index (χ2n) is 6.47. The van der Waals surface area contributed by atoms with E-state index in [-0.39, 0.29) is 12.0 Å². The van der Waals surface area contributed by atoms with Crippen LogP contribution in [0.2, 0.25) is 0 Å². The number of hydrogen-bond acceptors (Lipinski definition) is 3. The van der Waals surface area contributed by atoms with Crippen LogP contribution in [0.4, 0.5) is 4.79 Å². The van der Waals surface area contributed by atoms with Crippen LogP contribution in [0.3, 0.4) is 0 Å². The van der Waals surface area contributed by atoms with E-state index in [1.165, 1.54) is 0 Å². The van der Waals surface area contributed by atoms with E-state index in [0.29, 0.717) is 13.1 Å². The second kappa shape index (κ2) is 5.44. The molecule has 1 aliphatic heterocycles. The van der Waals surface area contributed by atoms with Crippen molar-refractivity contribution in [1.29, 1.82) is 0 Å². The Labute approximate surface area is 120 Å². The number of carbonyl (C=O) groups is 1. The van der Waals surface area contributed by atoms with Gasteiger partial charge in [-0.1, -0.05) is 29.8 Å². The average molecular weight is 277 g/mol. The number of amides is 1. The molecule has 0 aromatic heterocycles. The Hall–Kier alpha value is -1.55. The molecular formula is C16H23NO3. The van der Waals surface area contributed by atoms with E-state index in [4.69, 9.17) is 4.74 Å². The first-order chi connectivity index (χ1) is 9.26. The zero-order valence-electron chi connectivity index (χ0n) is 12.6. The molecule has 1 amide bonds. The number of nitrogens with zero attached hydrogens (tertiary/aromatic N) is 1. The molecule has 1 saturated heterocycles. The van der Waals surface area contributed by atoms with Crippen LogP contribution in [0.25, 0.3) is 0 Å². The zero-order chi connectivity index (χ0) is 14.9. The molecule has 0 unspecified atom stereocenters. The number of rotatable bonds is 1. The van der Waals surface area contributed by atoms with Gasteiger partial charge in [0.2, 0.25) is 0 Å². The highest BCUT2D eigenvalue weighted by molar-refractivity contribution is 5.69. The summed E-state index contributed by atoms with van der Waals surface area (Å²) in [5.41, 5.74) is 1.72. The number of benzene rings is 1. The Kier molecular flexibility index (Phi) is 4.04. The monoisotopic (exact) mass is 277 g/mol. The molecule has 1 aromatic carbocycles. The Bertz CT molecular complexity index is 493. The highest BCUT2D eigenvalue weighted by Crippen LogP contribution is 2.29. The minimum atomic E-state index is -0.538. The van der Waals surface area contributed by atoms with E-state index < -0.39 is 11.7 Å². The Morgan fingerprint density at radius 1 is 1.35 bits per heavy atom. The molecule has 1 aromatic rings. The molecule has 4 nitrogen and oxygen atoms in total. The topological polar surface area (TPSA) is 49.8 Å². The first-order valence-corrected chi connectivity index (χ1v) is 6.99. The largest absolute Gasteiger partial charge is 0.444 e. The Balaban J connectivity index is 2.07. The van der Waals surface area contributed by atoms with Gasteiger partial charge in [-0.3, -0.25) is 0 Å². The molecule has 0 saturated carbocycles. The lowest BCUT2D eigenvalue weighted by Gasteiger charge is -2.24. The summed E-state index contributed by atoms with van der Waals surface area (Å²) >= 11 is 0. The number of aliphatic hydroxyl groups is 1. The van der Waals surface area contributed by atoms with E-state index in [2.05, 4.69) is 6.07 Å². The highest BCUT2D eigenvalue weighted by Gasteiger charge is 2.36. The standard InChI is InChI=1S/C16H23NO3/c1-11-6-5-7-12(8-11)13-9-17(10-14(13)18)15(19)20-16(2,3)4/h5-8,13-14,18H,9-10H2,1-4H3/t13-,14+/m0/s1. The molecule has 4 heteroatoms. The van der Waals surface area contributed by atoms with Crippen molar-refractivity contribution in [3.8, 4) is 0 Å². The van der Waals surface area contributed by atoms with Crippen LogP contribution in [0.5, 0.6) is 0 Å². The van der Waals surface area contributed by atoms with Crippen molar-refractivity contribution in [2.75, 3.05) is 13.1 Å². The second-order valence-corrected chi connectivity index (χ2v) is 6.47. The van der Waals surface area contributed by atoms with Gasteiger partial charge in [0, 0.05) is 12.5 Å². The van der Waals surface area contributed by atoms with Gasteiger partial charge in [0.1, 0.15) is 5.60 Å². The Morgan fingerprint density at radius 3 is 2.65 bits per heavy atom. The molecule has 2 rings (SSSR count). The van der Waals surface area contributed by atoms with Gasteiger partial charge in [-0.2, -0.15) is 0 Å². The molecule has 2 atom stereocenters. The fourth-order valence-corrected chi connectivity index (χ4v) is 2.49. The summed E-state index contributed by atoms with van der Waals surface area (Å²) in [6.07, 6.45) is -0.893. The van der Waals surface area contributed by atoms with Gasteiger partial charge in [-0.05, 0) is 33.3 Å². The maximum Gasteiger partial charge on any atom is 0.410 e. The first-order valence-electron chi connectivity index (χ1n) is 6.99. The van der Waals surface area contributed by atoms with Crippen molar-refractivity contribution in [2.45, 2.75) is 45.3 Å². The molecule has 1 N–H and O–H groups in total. The van der Waals surface area contributed by atoms with E-state index in [1.807, 2.05) is 45.9 Å². The smallest absolute Gasteiger partial charge is 0.410 e. The minimum absolute atomic E-state index is 0.0394.